The maximum Gasteiger partial charge on any atom is 0.268 e. The number of halogens is 1. The molecule has 2 aliphatic carbocycles. The molecular formula is C37H39ClN6O4S2. The maximum absolute atomic E-state index is 13.7. The van der Waals surface area contributed by atoms with E-state index in [-0.39, 0.29) is 16.0 Å². The van der Waals surface area contributed by atoms with Crippen molar-refractivity contribution < 1.29 is 16.8 Å². The molecule has 0 radical (unpaired) electrons. The van der Waals surface area contributed by atoms with Crippen molar-refractivity contribution in [1.29, 1.82) is 0 Å². The number of fused-ring (bicyclic) bond motifs is 3. The van der Waals surface area contributed by atoms with Crippen molar-refractivity contribution in [3.05, 3.63) is 102 Å². The minimum Gasteiger partial charge on any atom is -0.349 e. The molecule has 2 saturated carbocycles. The molecule has 2 aromatic heterocycles. The second-order valence-electron chi connectivity index (χ2n) is 13.9. The molecule has 1 aliphatic heterocycles. The average molecular weight is 731 g/mol. The van der Waals surface area contributed by atoms with Gasteiger partial charge in [-0.1, -0.05) is 65.7 Å². The number of benzene rings is 3. The molecule has 10 nitrogen and oxygen atoms in total. The van der Waals surface area contributed by atoms with Crippen LogP contribution in [-0.4, -0.2) is 77.2 Å². The highest BCUT2D eigenvalue weighted by atomic mass is 35.5. The largest absolute Gasteiger partial charge is 0.349 e. The minimum absolute atomic E-state index is 0.0144. The number of sulfonamides is 1. The second kappa shape index (κ2) is 12.4. The van der Waals surface area contributed by atoms with Crippen LogP contribution in [0.2, 0.25) is 5.02 Å². The van der Waals surface area contributed by atoms with Crippen LogP contribution in [0.4, 0.5) is 5.95 Å². The Morgan fingerprint density at radius 2 is 1.48 bits per heavy atom. The van der Waals surface area contributed by atoms with Gasteiger partial charge < -0.3 is 5.32 Å². The van der Waals surface area contributed by atoms with Gasteiger partial charge in [0.05, 0.1) is 32.2 Å². The van der Waals surface area contributed by atoms with Gasteiger partial charge in [-0.15, -0.1) is 0 Å². The van der Waals surface area contributed by atoms with Crippen LogP contribution in [0.3, 0.4) is 0 Å². The van der Waals surface area contributed by atoms with Gasteiger partial charge in [0.15, 0.2) is 0 Å². The van der Waals surface area contributed by atoms with E-state index in [1.54, 1.807) is 65.2 Å². The van der Waals surface area contributed by atoms with Crippen LogP contribution in [0, 0.1) is 6.92 Å². The quantitative estimate of drug-likeness (QED) is 0.191. The molecule has 2 unspecified atom stereocenters. The fourth-order valence-corrected chi connectivity index (χ4v) is 11.4. The lowest BCUT2D eigenvalue weighted by Crippen LogP contribution is -2.59. The molecule has 50 heavy (non-hydrogen) atoms. The summed E-state index contributed by atoms with van der Waals surface area (Å²) in [7, 11) is -7.41. The smallest absolute Gasteiger partial charge is 0.268 e. The number of nitrogens with zero attached hydrogens (tertiary/aromatic N) is 5. The number of hydrogen-bond acceptors (Lipinski definition) is 8. The van der Waals surface area contributed by atoms with Gasteiger partial charge in [0.25, 0.3) is 10.0 Å². The zero-order valence-electron chi connectivity index (χ0n) is 27.8. The summed E-state index contributed by atoms with van der Waals surface area (Å²) in [6.45, 7) is 4.28. The van der Waals surface area contributed by atoms with Gasteiger partial charge >= 0.3 is 0 Å². The number of rotatable bonds is 8. The lowest BCUT2D eigenvalue weighted by atomic mass is 9.77. The van der Waals surface area contributed by atoms with Crippen molar-refractivity contribution in [3.63, 3.8) is 0 Å². The molecule has 3 aromatic carbocycles. The number of anilines is 1. The Labute approximate surface area is 298 Å². The predicted molar refractivity (Wildman–Crippen MR) is 195 cm³/mol. The van der Waals surface area contributed by atoms with E-state index < -0.39 is 20.0 Å². The Kier molecular flexibility index (Phi) is 8.30. The SMILES string of the molecule is Cc1ccc(S(=O)(=O)N2CCN(C34CCCC(Nc5ncc(Cl)c(-c6cn(S(=O)(=O)c7ccccc7)c7ccccc67)n5)(CC3)C4)CC2)cc1. The monoisotopic (exact) mass is 730 g/mol. The van der Waals surface area contributed by atoms with Crippen LogP contribution in [0.15, 0.2) is 101 Å². The van der Waals surface area contributed by atoms with Gasteiger partial charge in [-0.05, 0) is 75.8 Å². The number of aryl methyl sites for hydroxylation is 1. The van der Waals surface area contributed by atoms with Crippen LogP contribution >= 0.6 is 11.6 Å². The lowest BCUT2D eigenvalue weighted by molar-refractivity contribution is 0.0341. The van der Waals surface area contributed by atoms with Crippen molar-refractivity contribution in [2.24, 2.45) is 0 Å². The summed E-state index contributed by atoms with van der Waals surface area (Å²) < 4.78 is 57.2. The summed E-state index contributed by atoms with van der Waals surface area (Å²) in [6.07, 6.45) is 9.15. The Balaban J connectivity index is 1.03. The van der Waals surface area contributed by atoms with E-state index in [1.165, 1.54) is 3.97 Å². The zero-order valence-corrected chi connectivity index (χ0v) is 30.2. The van der Waals surface area contributed by atoms with Gasteiger partial charge in [-0.3, -0.25) is 4.90 Å². The number of para-hydroxylation sites is 1. The third-order valence-corrected chi connectivity index (χ3v) is 14.8. The summed E-state index contributed by atoms with van der Waals surface area (Å²) in [4.78, 5) is 12.6. The Morgan fingerprint density at radius 3 is 2.24 bits per heavy atom. The van der Waals surface area contributed by atoms with E-state index >= 15 is 0 Å². The Morgan fingerprint density at radius 1 is 0.780 bits per heavy atom. The standard InChI is InChI=1S/C37H39ClN6O4S2/c1-27-12-14-29(15-13-27)49(45,46)43-22-20-42(21-23-43)37-17-7-16-36(26-37,18-19-37)41-35-39-24-32(38)34(40-35)31-25-44(33-11-6-5-10-30(31)33)50(47,48)28-8-3-2-4-9-28/h2-6,8-15,24-25H,7,16-23,26H2,1H3,(H,39,40,41). The molecule has 260 valence electrons. The number of nitrogens with one attached hydrogen (secondary N) is 1. The van der Waals surface area contributed by atoms with E-state index in [9.17, 15) is 16.8 Å². The van der Waals surface area contributed by atoms with Gasteiger partial charge in [0.2, 0.25) is 16.0 Å². The van der Waals surface area contributed by atoms with Gasteiger partial charge in [-0.2, -0.15) is 4.31 Å². The molecule has 3 fully saturated rings. The first-order chi connectivity index (χ1) is 24.0. The summed E-state index contributed by atoms with van der Waals surface area (Å²) in [5.41, 5.74) is 2.42. The van der Waals surface area contributed by atoms with E-state index in [0.29, 0.717) is 58.8 Å². The first-order valence-corrected chi connectivity index (χ1v) is 20.3. The topological polar surface area (TPSA) is 117 Å². The molecule has 5 aromatic rings. The molecule has 2 bridgehead atoms. The van der Waals surface area contributed by atoms with Crippen LogP contribution in [0.1, 0.15) is 44.1 Å². The minimum atomic E-state index is -3.88. The molecule has 1 N–H and O–H groups in total. The molecular weight excluding hydrogens is 692 g/mol. The van der Waals surface area contributed by atoms with Crippen LogP contribution in [0.25, 0.3) is 22.2 Å². The summed E-state index contributed by atoms with van der Waals surface area (Å²) in [5.74, 6) is 0.457. The van der Waals surface area contributed by atoms with Gasteiger partial charge in [0.1, 0.15) is 0 Å². The molecule has 0 amide bonds. The molecule has 3 heterocycles. The van der Waals surface area contributed by atoms with Crippen LogP contribution in [0.5, 0.6) is 0 Å². The lowest BCUT2D eigenvalue weighted by Gasteiger charge is -2.49. The van der Waals surface area contributed by atoms with E-state index in [0.717, 1.165) is 49.5 Å². The molecule has 3 aliphatic rings. The van der Waals surface area contributed by atoms with E-state index in [1.807, 2.05) is 37.3 Å². The maximum atomic E-state index is 13.7. The Hall–Kier alpha value is -3.81. The summed E-state index contributed by atoms with van der Waals surface area (Å²) in [5, 5.41) is 4.77. The van der Waals surface area contributed by atoms with Crippen molar-refractivity contribution in [3.8, 4) is 11.3 Å². The third-order valence-electron chi connectivity index (χ3n) is 11.0. The molecule has 0 spiro atoms. The van der Waals surface area contributed by atoms with E-state index in [2.05, 4.69) is 15.2 Å². The van der Waals surface area contributed by atoms with Gasteiger partial charge in [-0.25, -0.2) is 30.8 Å². The number of aromatic nitrogens is 3. The molecule has 2 atom stereocenters. The van der Waals surface area contributed by atoms with Crippen molar-refractivity contribution in [2.45, 2.75) is 66.3 Å². The first-order valence-electron chi connectivity index (χ1n) is 17.0. The second-order valence-corrected chi connectivity index (χ2v) is 18.1. The van der Waals surface area contributed by atoms with Crippen LogP contribution in [-0.2, 0) is 20.0 Å². The predicted octanol–water partition coefficient (Wildman–Crippen LogP) is 6.56. The van der Waals surface area contributed by atoms with E-state index in [4.69, 9.17) is 16.6 Å². The fourth-order valence-electron chi connectivity index (χ4n) is 8.42. The zero-order chi connectivity index (χ0) is 34.7. The number of piperazine rings is 1. The molecule has 13 heteroatoms. The molecule has 8 rings (SSSR count). The van der Waals surface area contributed by atoms with Crippen molar-refractivity contribution in [1.82, 2.24) is 23.1 Å². The first kappa shape index (κ1) is 33.3. The average Bonchev–Trinajstić information content (AvgIpc) is 3.65. The summed E-state index contributed by atoms with van der Waals surface area (Å²) >= 11 is 6.74. The number of hydrogen-bond donors (Lipinski definition) is 1. The fraction of sp³-hybridized carbons (Fsp3) is 0.351. The van der Waals surface area contributed by atoms with Gasteiger partial charge in [0, 0.05) is 54.4 Å². The van der Waals surface area contributed by atoms with Crippen molar-refractivity contribution >= 4 is 48.5 Å². The highest BCUT2D eigenvalue weighted by Crippen LogP contribution is 2.52. The Bertz CT molecular complexity index is 2290. The third kappa shape index (κ3) is 5.71. The summed E-state index contributed by atoms with van der Waals surface area (Å²) in [6, 6.07) is 22.8. The van der Waals surface area contributed by atoms with Crippen molar-refractivity contribution in [2.75, 3.05) is 31.5 Å². The normalized spacial score (nSPS) is 23.3. The highest BCUT2D eigenvalue weighted by Gasteiger charge is 2.54. The highest BCUT2D eigenvalue weighted by molar-refractivity contribution is 7.90. The molecule has 1 saturated heterocycles. The van der Waals surface area contributed by atoms with Crippen LogP contribution < -0.4 is 5.32 Å².